The van der Waals surface area contributed by atoms with E-state index in [1.165, 1.54) is 6.08 Å². The van der Waals surface area contributed by atoms with Gasteiger partial charge in [0.15, 0.2) is 6.29 Å². The molecule has 6 nitrogen and oxygen atoms in total. The minimum absolute atomic E-state index is 0.129. The number of nitriles is 1. The van der Waals surface area contributed by atoms with Crippen molar-refractivity contribution in [3.8, 4) is 6.07 Å². The average Bonchev–Trinajstić information content (AvgIpc) is 2.51. The summed E-state index contributed by atoms with van der Waals surface area (Å²) in [7, 11) is 1.60. The summed E-state index contributed by atoms with van der Waals surface area (Å²) in [5.41, 5.74) is 4.03. The molecule has 108 valence electrons. The quantitative estimate of drug-likeness (QED) is 0.161. The molecule has 0 fully saturated rings. The van der Waals surface area contributed by atoms with E-state index in [4.69, 9.17) is 10.00 Å². The first-order chi connectivity index (χ1) is 10.2. The molecule has 0 bridgehead atoms. The maximum atomic E-state index is 11.6. The number of nitrogens with zero attached hydrogens (tertiary/aromatic N) is 2. The highest BCUT2D eigenvalue weighted by molar-refractivity contribution is 6.18. The van der Waals surface area contributed by atoms with Gasteiger partial charge in [0.25, 0.3) is 0 Å². The molecule has 1 rings (SSSR count). The number of aldehydes is 1. The van der Waals surface area contributed by atoms with Crippen molar-refractivity contribution in [2.75, 3.05) is 13.7 Å². The summed E-state index contributed by atoms with van der Waals surface area (Å²) in [6.07, 6.45) is 1.76. The Labute approximate surface area is 122 Å². The van der Waals surface area contributed by atoms with Gasteiger partial charge in [-0.25, -0.2) is 4.79 Å². The number of hydrazone groups is 1. The highest BCUT2D eigenvalue weighted by Crippen LogP contribution is 2.08. The molecule has 6 heteroatoms. The van der Waals surface area contributed by atoms with Crippen LogP contribution in [-0.4, -0.2) is 31.6 Å². The van der Waals surface area contributed by atoms with Crippen molar-refractivity contribution < 1.29 is 14.3 Å². The Morgan fingerprint density at radius 2 is 2.10 bits per heavy atom. The lowest BCUT2D eigenvalue weighted by atomic mass is 10.1. The molecule has 0 aliphatic rings. The lowest BCUT2D eigenvalue weighted by Crippen LogP contribution is -2.12. The zero-order valence-electron chi connectivity index (χ0n) is 11.8. The fourth-order valence-electron chi connectivity index (χ4n) is 1.52. The Morgan fingerprint density at radius 1 is 1.43 bits per heavy atom. The Morgan fingerprint density at radius 3 is 2.57 bits per heavy atom. The Kier molecular flexibility index (Phi) is 6.35. The first kappa shape index (κ1) is 16.1. The highest BCUT2D eigenvalue weighted by Gasteiger charge is 2.12. The number of hydrogen-bond acceptors (Lipinski definition) is 6. The van der Waals surface area contributed by atoms with Crippen LogP contribution in [-0.2, 0) is 14.3 Å². The molecule has 1 aromatic rings. The van der Waals surface area contributed by atoms with Gasteiger partial charge in [0.1, 0.15) is 5.57 Å². The molecule has 21 heavy (non-hydrogen) atoms. The van der Waals surface area contributed by atoms with Gasteiger partial charge in [-0.15, -0.1) is 0 Å². The topological polar surface area (TPSA) is 91.6 Å². The van der Waals surface area contributed by atoms with E-state index in [9.17, 15) is 9.59 Å². The van der Waals surface area contributed by atoms with Crippen molar-refractivity contribution in [3.05, 3.63) is 47.0 Å². The van der Waals surface area contributed by atoms with Crippen molar-refractivity contribution in [2.24, 2.45) is 5.10 Å². The second kappa shape index (κ2) is 8.27. The summed E-state index contributed by atoms with van der Waals surface area (Å²) in [4.78, 5) is 22.6. The second-order valence-electron chi connectivity index (χ2n) is 3.85. The van der Waals surface area contributed by atoms with Crippen LogP contribution >= 0.6 is 0 Å². The van der Waals surface area contributed by atoms with Crippen LogP contribution in [0, 0.1) is 11.3 Å². The number of allylic oxidation sites excluding steroid dienone is 1. The summed E-state index contributed by atoms with van der Waals surface area (Å²) in [6.45, 7) is 1.84. The number of ether oxygens (including phenoxy) is 1. The van der Waals surface area contributed by atoms with Crippen LogP contribution in [0.2, 0.25) is 0 Å². The number of carbonyl (C=O) groups excluding carboxylic acids is 2. The molecule has 0 saturated heterocycles. The molecule has 0 amide bonds. The van der Waals surface area contributed by atoms with Crippen molar-refractivity contribution in [1.29, 1.82) is 5.26 Å². The predicted octanol–water partition coefficient (Wildman–Crippen LogP) is 1.17. The summed E-state index contributed by atoms with van der Waals surface area (Å²) in [5.74, 6) is -0.704. The third kappa shape index (κ3) is 4.58. The molecule has 0 aliphatic heterocycles. The molecule has 1 N–H and O–H groups in total. The van der Waals surface area contributed by atoms with Crippen LogP contribution in [0.15, 0.2) is 41.0 Å². The van der Waals surface area contributed by atoms with Crippen LogP contribution in [0.5, 0.6) is 0 Å². The first-order valence-corrected chi connectivity index (χ1v) is 6.25. The van der Waals surface area contributed by atoms with E-state index >= 15 is 0 Å². The van der Waals surface area contributed by atoms with Gasteiger partial charge in [-0.05, 0) is 25.1 Å². The Bertz CT molecular complexity index is 610. The van der Waals surface area contributed by atoms with Gasteiger partial charge in [-0.1, -0.05) is 12.1 Å². The molecule has 0 saturated carbocycles. The predicted molar refractivity (Wildman–Crippen MR) is 77.5 cm³/mol. The van der Waals surface area contributed by atoms with Gasteiger partial charge in [0.05, 0.1) is 24.0 Å². The standard InChI is InChI=1S/C15H15N3O3/c1-3-21-15(20)13(10-19)8-14(18-17-2)12-6-4-11(9-16)5-7-12/h4-8,10,17H,3H2,1-2H3/b13-8+,18-14+. The number of rotatable bonds is 6. The fraction of sp³-hybridized carbons (Fsp3) is 0.200. The van der Waals surface area contributed by atoms with Crippen LogP contribution in [0.3, 0.4) is 0 Å². The molecule has 0 aromatic heterocycles. The smallest absolute Gasteiger partial charge is 0.341 e. The van der Waals surface area contributed by atoms with Crippen LogP contribution in [0.4, 0.5) is 0 Å². The van der Waals surface area contributed by atoms with Crippen LogP contribution in [0.25, 0.3) is 0 Å². The van der Waals surface area contributed by atoms with Gasteiger partial charge in [0.2, 0.25) is 0 Å². The number of nitrogens with one attached hydrogen (secondary N) is 1. The van der Waals surface area contributed by atoms with E-state index in [2.05, 4.69) is 10.5 Å². The van der Waals surface area contributed by atoms with E-state index in [0.29, 0.717) is 23.1 Å². The van der Waals surface area contributed by atoms with Gasteiger partial charge < -0.3 is 10.2 Å². The van der Waals surface area contributed by atoms with Crippen molar-refractivity contribution in [1.82, 2.24) is 5.43 Å². The third-order valence-corrected chi connectivity index (χ3v) is 2.47. The van der Waals surface area contributed by atoms with Crippen LogP contribution in [0.1, 0.15) is 18.1 Å². The van der Waals surface area contributed by atoms with E-state index in [1.807, 2.05) is 6.07 Å². The summed E-state index contributed by atoms with van der Waals surface area (Å²) >= 11 is 0. The SMILES string of the molecule is CCOC(=O)/C(C=O)=C/C(=N\NC)c1ccc(C#N)cc1. The minimum atomic E-state index is -0.704. The van der Waals surface area contributed by atoms with Gasteiger partial charge >= 0.3 is 5.97 Å². The maximum absolute atomic E-state index is 11.6. The average molecular weight is 285 g/mol. The summed E-state index contributed by atoms with van der Waals surface area (Å²) < 4.78 is 4.79. The van der Waals surface area contributed by atoms with Crippen molar-refractivity contribution in [3.63, 3.8) is 0 Å². The number of carbonyl (C=O) groups is 2. The number of esters is 1. The molecule has 0 unspecified atom stereocenters. The molecule has 0 heterocycles. The largest absolute Gasteiger partial charge is 0.462 e. The molecule has 1 aromatic carbocycles. The van der Waals surface area contributed by atoms with E-state index in [0.717, 1.165) is 0 Å². The zero-order valence-corrected chi connectivity index (χ0v) is 11.8. The van der Waals surface area contributed by atoms with E-state index in [1.54, 1.807) is 38.2 Å². The number of benzene rings is 1. The first-order valence-electron chi connectivity index (χ1n) is 6.25. The minimum Gasteiger partial charge on any atom is -0.462 e. The van der Waals surface area contributed by atoms with E-state index < -0.39 is 5.97 Å². The van der Waals surface area contributed by atoms with Crippen molar-refractivity contribution in [2.45, 2.75) is 6.92 Å². The van der Waals surface area contributed by atoms with Crippen LogP contribution < -0.4 is 5.43 Å². The van der Waals surface area contributed by atoms with E-state index in [-0.39, 0.29) is 12.2 Å². The monoisotopic (exact) mass is 285 g/mol. The number of hydrogen-bond donors (Lipinski definition) is 1. The van der Waals surface area contributed by atoms with Crippen molar-refractivity contribution >= 4 is 18.0 Å². The Balaban J connectivity index is 3.17. The highest BCUT2D eigenvalue weighted by atomic mass is 16.5. The molecular weight excluding hydrogens is 270 g/mol. The Hall–Kier alpha value is -2.94. The molecule has 0 radical (unpaired) electrons. The molecular formula is C15H15N3O3. The van der Waals surface area contributed by atoms with Gasteiger partial charge in [-0.3, -0.25) is 4.79 Å². The summed E-state index contributed by atoms with van der Waals surface area (Å²) in [6, 6.07) is 8.62. The lowest BCUT2D eigenvalue weighted by Gasteiger charge is -2.04. The zero-order chi connectivity index (χ0) is 15.7. The van der Waals surface area contributed by atoms with Gasteiger partial charge in [0, 0.05) is 12.6 Å². The lowest BCUT2D eigenvalue weighted by molar-refractivity contribution is -0.139. The maximum Gasteiger partial charge on any atom is 0.341 e. The summed E-state index contributed by atoms with van der Waals surface area (Å²) in [5, 5.41) is 12.8. The third-order valence-electron chi connectivity index (χ3n) is 2.47. The molecule has 0 spiro atoms. The normalized spacial score (nSPS) is 11.5. The second-order valence-corrected chi connectivity index (χ2v) is 3.85. The molecule has 0 atom stereocenters. The van der Waals surface area contributed by atoms with Gasteiger partial charge in [-0.2, -0.15) is 10.4 Å². The fourth-order valence-corrected chi connectivity index (χ4v) is 1.52. The molecule has 0 aliphatic carbocycles.